The largest absolute Gasteiger partial charge is 0.417 e. The van der Waals surface area contributed by atoms with Crippen molar-refractivity contribution in [2.24, 2.45) is 16.9 Å². The molecule has 6 heteroatoms. The molecule has 0 aliphatic heterocycles. The monoisotopic (exact) mass is 334 g/mol. The first kappa shape index (κ1) is 22.0. The van der Waals surface area contributed by atoms with Crippen LogP contribution in [-0.2, 0) is 13.9 Å². The van der Waals surface area contributed by atoms with Gasteiger partial charge in [0, 0.05) is 25.1 Å². The van der Waals surface area contributed by atoms with Crippen LogP contribution in [0.15, 0.2) is 0 Å². The Balaban J connectivity index is 4.44. The van der Waals surface area contributed by atoms with Gasteiger partial charge in [0.1, 0.15) is 0 Å². The Morgan fingerprint density at radius 2 is 1.27 bits per heavy atom. The fourth-order valence-electron chi connectivity index (χ4n) is 1.76. The van der Waals surface area contributed by atoms with Gasteiger partial charge < -0.3 is 25.4 Å². The SMILES string of the molecule is CC(CCO[Si](C)(C)C(C)(C)C)(COCCN)COCCN. The molecule has 0 heterocycles. The first-order valence-corrected chi connectivity index (χ1v) is 11.2. The van der Waals surface area contributed by atoms with Crippen LogP contribution in [-0.4, -0.2) is 54.4 Å². The normalized spacial score (nSPS) is 13.6. The van der Waals surface area contributed by atoms with Crippen molar-refractivity contribution in [3.05, 3.63) is 0 Å². The van der Waals surface area contributed by atoms with E-state index in [2.05, 4.69) is 40.8 Å². The highest BCUT2D eigenvalue weighted by molar-refractivity contribution is 6.74. The van der Waals surface area contributed by atoms with Crippen LogP contribution in [0.2, 0.25) is 18.1 Å². The Morgan fingerprint density at radius 1 is 0.818 bits per heavy atom. The van der Waals surface area contributed by atoms with Gasteiger partial charge in [-0.1, -0.05) is 27.7 Å². The molecule has 0 aliphatic carbocycles. The second-order valence-corrected chi connectivity index (χ2v) is 12.7. The summed E-state index contributed by atoms with van der Waals surface area (Å²) in [5, 5.41) is 0.232. The summed E-state index contributed by atoms with van der Waals surface area (Å²) in [5.74, 6) is 0. The molecule has 0 radical (unpaired) electrons. The lowest BCUT2D eigenvalue weighted by atomic mass is 9.89. The van der Waals surface area contributed by atoms with E-state index in [9.17, 15) is 0 Å². The predicted molar refractivity (Wildman–Crippen MR) is 95.6 cm³/mol. The molecule has 5 nitrogen and oxygen atoms in total. The summed E-state index contributed by atoms with van der Waals surface area (Å²) in [6, 6.07) is 0. The summed E-state index contributed by atoms with van der Waals surface area (Å²) in [6.07, 6.45) is 0.911. The molecular formula is C16H38N2O3Si. The molecule has 0 fully saturated rings. The minimum atomic E-state index is -1.70. The third-order valence-electron chi connectivity index (χ3n) is 4.40. The van der Waals surface area contributed by atoms with E-state index in [0.29, 0.717) is 39.5 Å². The fraction of sp³-hybridized carbons (Fsp3) is 1.00. The number of hydrogen-bond acceptors (Lipinski definition) is 5. The molecule has 0 rings (SSSR count). The van der Waals surface area contributed by atoms with E-state index in [1.54, 1.807) is 0 Å². The first-order chi connectivity index (χ1) is 10.1. The Kier molecular flexibility index (Phi) is 10.0. The molecule has 0 unspecified atom stereocenters. The summed E-state index contributed by atoms with van der Waals surface area (Å²) in [6.45, 7) is 17.8. The fourth-order valence-corrected chi connectivity index (χ4v) is 2.80. The van der Waals surface area contributed by atoms with Crippen LogP contribution in [0.3, 0.4) is 0 Å². The van der Waals surface area contributed by atoms with Crippen LogP contribution in [0, 0.1) is 5.41 Å². The minimum Gasteiger partial charge on any atom is -0.417 e. The number of rotatable bonds is 12. The maximum atomic E-state index is 6.28. The lowest BCUT2D eigenvalue weighted by Crippen LogP contribution is -2.42. The standard InChI is InChI=1S/C16H38N2O3Si/c1-15(2,3)22(5,6)21-10-7-16(4,13-19-11-8-17)14-20-12-9-18/h7-14,17-18H2,1-6H3. The third-order valence-corrected chi connectivity index (χ3v) is 8.94. The van der Waals surface area contributed by atoms with Gasteiger partial charge in [0.2, 0.25) is 0 Å². The van der Waals surface area contributed by atoms with Crippen LogP contribution >= 0.6 is 0 Å². The van der Waals surface area contributed by atoms with Gasteiger partial charge in [-0.25, -0.2) is 0 Å². The van der Waals surface area contributed by atoms with Gasteiger partial charge in [-0.2, -0.15) is 0 Å². The zero-order valence-corrected chi connectivity index (χ0v) is 16.5. The number of nitrogens with two attached hydrogens (primary N) is 2. The Labute approximate surface area is 138 Å². The van der Waals surface area contributed by atoms with E-state index in [0.717, 1.165) is 13.0 Å². The summed E-state index contributed by atoms with van der Waals surface area (Å²) < 4.78 is 17.6. The van der Waals surface area contributed by atoms with Crippen molar-refractivity contribution in [1.29, 1.82) is 0 Å². The van der Waals surface area contributed by atoms with Crippen molar-refractivity contribution in [3.63, 3.8) is 0 Å². The quantitative estimate of drug-likeness (QED) is 0.423. The molecule has 0 aromatic heterocycles. The van der Waals surface area contributed by atoms with E-state index in [4.69, 9.17) is 25.4 Å². The summed E-state index contributed by atoms with van der Waals surface area (Å²) >= 11 is 0. The molecule has 134 valence electrons. The smallest absolute Gasteiger partial charge is 0.191 e. The Morgan fingerprint density at radius 3 is 1.64 bits per heavy atom. The summed E-state index contributed by atoms with van der Waals surface area (Å²) in [7, 11) is -1.70. The van der Waals surface area contributed by atoms with Crippen molar-refractivity contribution in [2.75, 3.05) is 46.1 Å². The molecule has 0 atom stereocenters. The molecule has 0 saturated carbocycles. The average Bonchev–Trinajstić information content (AvgIpc) is 2.38. The zero-order valence-electron chi connectivity index (χ0n) is 15.5. The molecule has 0 aromatic rings. The molecule has 0 amide bonds. The number of ether oxygens (including phenoxy) is 2. The minimum absolute atomic E-state index is 0.0628. The van der Waals surface area contributed by atoms with Crippen molar-refractivity contribution in [2.45, 2.75) is 52.2 Å². The van der Waals surface area contributed by atoms with Gasteiger partial charge in [0.15, 0.2) is 8.32 Å². The van der Waals surface area contributed by atoms with Crippen LogP contribution < -0.4 is 11.5 Å². The topological polar surface area (TPSA) is 79.7 Å². The van der Waals surface area contributed by atoms with Crippen LogP contribution in [0.4, 0.5) is 0 Å². The number of hydrogen-bond donors (Lipinski definition) is 2. The Hall–Kier alpha value is 0.0169. The maximum absolute atomic E-state index is 6.28. The molecule has 0 saturated heterocycles. The molecule has 0 aliphatic rings. The van der Waals surface area contributed by atoms with Gasteiger partial charge in [-0.05, 0) is 24.6 Å². The highest BCUT2D eigenvalue weighted by atomic mass is 28.4. The molecule has 0 aromatic carbocycles. The van der Waals surface area contributed by atoms with Gasteiger partial charge >= 0.3 is 0 Å². The highest BCUT2D eigenvalue weighted by Crippen LogP contribution is 2.37. The molecule has 22 heavy (non-hydrogen) atoms. The summed E-state index contributed by atoms with van der Waals surface area (Å²) in [5.41, 5.74) is 10.9. The average molecular weight is 335 g/mol. The van der Waals surface area contributed by atoms with Crippen LogP contribution in [0.1, 0.15) is 34.1 Å². The first-order valence-electron chi connectivity index (χ1n) is 8.27. The lowest BCUT2D eigenvalue weighted by molar-refractivity contribution is -0.0201. The Bertz CT molecular complexity index is 284. The second kappa shape index (κ2) is 10.0. The van der Waals surface area contributed by atoms with Gasteiger partial charge in [0.25, 0.3) is 0 Å². The van der Waals surface area contributed by atoms with Crippen molar-refractivity contribution in [3.8, 4) is 0 Å². The molecule has 4 N–H and O–H groups in total. The third kappa shape index (κ3) is 8.60. The zero-order chi connectivity index (χ0) is 17.3. The van der Waals surface area contributed by atoms with Crippen molar-refractivity contribution < 1.29 is 13.9 Å². The van der Waals surface area contributed by atoms with Gasteiger partial charge in [-0.15, -0.1) is 0 Å². The molecule has 0 spiro atoms. The van der Waals surface area contributed by atoms with Crippen molar-refractivity contribution in [1.82, 2.24) is 0 Å². The van der Waals surface area contributed by atoms with E-state index in [1.807, 2.05) is 0 Å². The predicted octanol–water partition coefficient (Wildman–Crippen LogP) is 2.36. The highest BCUT2D eigenvalue weighted by Gasteiger charge is 2.37. The van der Waals surface area contributed by atoms with Crippen LogP contribution in [0.5, 0.6) is 0 Å². The van der Waals surface area contributed by atoms with E-state index < -0.39 is 8.32 Å². The van der Waals surface area contributed by atoms with E-state index >= 15 is 0 Å². The van der Waals surface area contributed by atoms with Crippen molar-refractivity contribution >= 4 is 8.32 Å². The van der Waals surface area contributed by atoms with E-state index in [1.165, 1.54) is 0 Å². The summed E-state index contributed by atoms with van der Waals surface area (Å²) in [4.78, 5) is 0. The van der Waals surface area contributed by atoms with Gasteiger partial charge in [-0.3, -0.25) is 0 Å². The molecular weight excluding hydrogens is 296 g/mol. The van der Waals surface area contributed by atoms with E-state index in [-0.39, 0.29) is 10.5 Å². The second-order valence-electron chi connectivity index (χ2n) is 7.85. The maximum Gasteiger partial charge on any atom is 0.191 e. The van der Waals surface area contributed by atoms with Gasteiger partial charge in [0.05, 0.1) is 26.4 Å². The van der Waals surface area contributed by atoms with Crippen LogP contribution in [0.25, 0.3) is 0 Å². The molecule has 0 bridgehead atoms. The lowest BCUT2D eigenvalue weighted by Gasteiger charge is -2.37.